The van der Waals surface area contributed by atoms with Crippen molar-refractivity contribution in [3.05, 3.63) is 10.6 Å². The summed E-state index contributed by atoms with van der Waals surface area (Å²) < 4.78 is 4.86. The molecule has 2 rings (SSSR count). The number of amides is 1. The topological polar surface area (TPSA) is 103 Å². The third-order valence-electron chi connectivity index (χ3n) is 4.15. The molecular weight excluding hydrogens is 302 g/mol. The lowest BCUT2D eigenvalue weighted by Gasteiger charge is -2.37. The number of nitriles is 2. The van der Waals surface area contributed by atoms with Gasteiger partial charge < -0.3 is 10.1 Å². The van der Waals surface area contributed by atoms with Gasteiger partial charge in [0.15, 0.2) is 0 Å². The van der Waals surface area contributed by atoms with E-state index in [2.05, 4.69) is 17.5 Å². The first-order valence-electron chi connectivity index (χ1n) is 7.22. The molecule has 0 radical (unpaired) electrons. The van der Waals surface area contributed by atoms with Crippen LogP contribution in [0.4, 0.5) is 0 Å². The van der Waals surface area contributed by atoms with E-state index in [1.807, 2.05) is 0 Å². The van der Waals surface area contributed by atoms with Gasteiger partial charge in [-0.1, -0.05) is 24.6 Å². The van der Waals surface area contributed by atoms with Crippen molar-refractivity contribution in [2.75, 3.05) is 12.4 Å². The standard InChI is InChI=1S/C15H17N3O3S/c1-2-21-12(19)9-22-14-11(8-17)15(5-3-4-6-15)10(7-16)13(20)18-14/h10H,2-6,9H2,1H3,(H,18,20). The van der Waals surface area contributed by atoms with Crippen LogP contribution < -0.4 is 5.32 Å². The number of hydrogen-bond donors (Lipinski definition) is 1. The largest absolute Gasteiger partial charge is 0.465 e. The van der Waals surface area contributed by atoms with Crippen LogP contribution in [0.5, 0.6) is 0 Å². The monoisotopic (exact) mass is 319 g/mol. The van der Waals surface area contributed by atoms with Crippen molar-refractivity contribution in [3.8, 4) is 12.1 Å². The Labute approximate surface area is 133 Å². The average Bonchev–Trinajstić information content (AvgIpc) is 2.95. The van der Waals surface area contributed by atoms with Crippen LogP contribution in [0, 0.1) is 34.0 Å². The fraction of sp³-hybridized carbons (Fsp3) is 0.600. The van der Waals surface area contributed by atoms with Gasteiger partial charge in [0.1, 0.15) is 5.92 Å². The molecular formula is C15H17N3O3S. The molecule has 2 aliphatic rings. The Balaban J connectivity index is 2.32. The average molecular weight is 319 g/mol. The van der Waals surface area contributed by atoms with Crippen LogP contribution in [-0.2, 0) is 14.3 Å². The maximum atomic E-state index is 12.2. The van der Waals surface area contributed by atoms with Crippen molar-refractivity contribution in [2.45, 2.75) is 32.6 Å². The lowest BCUT2D eigenvalue weighted by Crippen LogP contribution is -2.46. The third-order valence-corrected chi connectivity index (χ3v) is 5.13. The van der Waals surface area contributed by atoms with Gasteiger partial charge in [-0.2, -0.15) is 10.5 Å². The molecule has 1 fully saturated rings. The quantitative estimate of drug-likeness (QED) is 0.793. The lowest BCUT2D eigenvalue weighted by molar-refractivity contribution is -0.139. The molecule has 0 aromatic heterocycles. The summed E-state index contributed by atoms with van der Waals surface area (Å²) in [5, 5.41) is 21.9. The predicted octanol–water partition coefficient (Wildman–Crippen LogP) is 1.85. The van der Waals surface area contributed by atoms with Gasteiger partial charge in [0, 0.05) is 5.41 Å². The van der Waals surface area contributed by atoms with E-state index >= 15 is 0 Å². The second kappa shape index (κ2) is 6.85. The minimum Gasteiger partial charge on any atom is -0.465 e. The number of hydrogen-bond acceptors (Lipinski definition) is 6. The maximum absolute atomic E-state index is 12.2. The molecule has 1 heterocycles. The summed E-state index contributed by atoms with van der Waals surface area (Å²) in [5.74, 6) is -1.58. The van der Waals surface area contributed by atoms with E-state index in [1.165, 1.54) is 0 Å². The van der Waals surface area contributed by atoms with E-state index in [9.17, 15) is 20.1 Å². The molecule has 22 heavy (non-hydrogen) atoms. The molecule has 1 aliphatic carbocycles. The second-order valence-electron chi connectivity index (χ2n) is 5.32. The summed E-state index contributed by atoms with van der Waals surface area (Å²) in [6, 6.07) is 4.23. The SMILES string of the molecule is CCOC(=O)CSC1=C(C#N)C2(CCCC2)C(C#N)C(=O)N1. The molecule has 0 aromatic rings. The van der Waals surface area contributed by atoms with Crippen LogP contribution in [0.1, 0.15) is 32.6 Å². The molecule has 6 nitrogen and oxygen atoms in total. The Morgan fingerprint density at radius 1 is 1.45 bits per heavy atom. The molecule has 1 atom stereocenters. The van der Waals surface area contributed by atoms with E-state index in [4.69, 9.17) is 4.74 Å². The first kappa shape index (κ1) is 16.4. The smallest absolute Gasteiger partial charge is 0.316 e. The first-order chi connectivity index (χ1) is 10.6. The number of allylic oxidation sites excluding steroid dienone is 1. The van der Waals surface area contributed by atoms with Gasteiger partial charge >= 0.3 is 5.97 Å². The van der Waals surface area contributed by atoms with Gasteiger partial charge in [0.05, 0.1) is 35.1 Å². The van der Waals surface area contributed by atoms with Crippen LogP contribution in [0.15, 0.2) is 10.6 Å². The number of carbonyl (C=O) groups excluding carboxylic acids is 2. The van der Waals surface area contributed by atoms with Crippen molar-refractivity contribution < 1.29 is 14.3 Å². The highest BCUT2D eigenvalue weighted by molar-refractivity contribution is 8.03. The summed E-state index contributed by atoms with van der Waals surface area (Å²) >= 11 is 1.10. The summed E-state index contributed by atoms with van der Waals surface area (Å²) in [5.41, 5.74) is -0.256. The van der Waals surface area contributed by atoms with Crippen molar-refractivity contribution >= 4 is 23.6 Å². The van der Waals surface area contributed by atoms with Crippen LogP contribution >= 0.6 is 11.8 Å². The zero-order chi connectivity index (χ0) is 16.2. The normalized spacial score (nSPS) is 22.9. The van der Waals surface area contributed by atoms with Crippen LogP contribution in [0.2, 0.25) is 0 Å². The van der Waals surface area contributed by atoms with E-state index in [1.54, 1.807) is 6.92 Å². The molecule has 1 amide bonds. The Morgan fingerprint density at radius 3 is 2.68 bits per heavy atom. The summed E-state index contributed by atoms with van der Waals surface area (Å²) in [6.07, 6.45) is 3.11. The van der Waals surface area contributed by atoms with Crippen molar-refractivity contribution in [3.63, 3.8) is 0 Å². The van der Waals surface area contributed by atoms with Crippen LogP contribution in [0.25, 0.3) is 0 Å². The summed E-state index contributed by atoms with van der Waals surface area (Å²) in [4.78, 5) is 23.7. The number of carbonyl (C=O) groups is 2. The minimum atomic E-state index is -0.836. The highest BCUT2D eigenvalue weighted by Gasteiger charge is 2.52. The van der Waals surface area contributed by atoms with Gasteiger partial charge in [-0.15, -0.1) is 0 Å². The molecule has 1 aliphatic heterocycles. The molecule has 0 aromatic carbocycles. The number of nitrogens with one attached hydrogen (secondary N) is 1. The molecule has 0 bridgehead atoms. The Hall–Kier alpha value is -1.99. The third kappa shape index (κ3) is 2.82. The zero-order valence-electron chi connectivity index (χ0n) is 12.3. The molecule has 1 saturated carbocycles. The number of esters is 1. The van der Waals surface area contributed by atoms with Crippen molar-refractivity contribution in [1.29, 1.82) is 10.5 Å². The summed E-state index contributed by atoms with van der Waals surface area (Å²) in [7, 11) is 0. The first-order valence-corrected chi connectivity index (χ1v) is 8.21. The van der Waals surface area contributed by atoms with Crippen molar-refractivity contribution in [1.82, 2.24) is 5.32 Å². The van der Waals surface area contributed by atoms with Crippen LogP contribution in [-0.4, -0.2) is 24.2 Å². The Bertz CT molecular complexity index is 594. The molecule has 0 saturated heterocycles. The summed E-state index contributed by atoms with van der Waals surface area (Å²) in [6.45, 7) is 2.01. The number of thioether (sulfide) groups is 1. The molecule has 1 unspecified atom stereocenters. The van der Waals surface area contributed by atoms with Gasteiger partial charge in [-0.3, -0.25) is 9.59 Å². The second-order valence-corrected chi connectivity index (χ2v) is 6.31. The number of rotatable bonds is 4. The molecule has 1 N–H and O–H groups in total. The predicted molar refractivity (Wildman–Crippen MR) is 79.9 cm³/mol. The lowest BCUT2D eigenvalue weighted by atomic mass is 9.67. The Kier molecular flexibility index (Phi) is 5.10. The highest BCUT2D eigenvalue weighted by Crippen LogP contribution is 2.53. The highest BCUT2D eigenvalue weighted by atomic mass is 32.2. The number of ether oxygens (including phenoxy) is 1. The molecule has 7 heteroatoms. The van der Waals surface area contributed by atoms with Gasteiger partial charge in [-0.05, 0) is 19.8 Å². The fourth-order valence-electron chi connectivity index (χ4n) is 3.20. The molecule has 1 spiro atoms. The number of nitrogens with zero attached hydrogens (tertiary/aromatic N) is 2. The van der Waals surface area contributed by atoms with Crippen LogP contribution in [0.3, 0.4) is 0 Å². The van der Waals surface area contributed by atoms with E-state index in [0.29, 0.717) is 23.4 Å². The van der Waals surface area contributed by atoms with Gasteiger partial charge in [-0.25, -0.2) is 0 Å². The maximum Gasteiger partial charge on any atom is 0.316 e. The minimum absolute atomic E-state index is 0.0297. The van der Waals surface area contributed by atoms with Gasteiger partial charge in [0.25, 0.3) is 0 Å². The molecule has 116 valence electrons. The zero-order valence-corrected chi connectivity index (χ0v) is 13.2. The van der Waals surface area contributed by atoms with Crippen molar-refractivity contribution in [2.24, 2.45) is 11.3 Å². The van der Waals surface area contributed by atoms with E-state index in [0.717, 1.165) is 24.6 Å². The fourth-order valence-corrected chi connectivity index (χ4v) is 4.11. The van der Waals surface area contributed by atoms with E-state index in [-0.39, 0.29) is 18.3 Å². The van der Waals surface area contributed by atoms with E-state index < -0.39 is 17.3 Å². The van der Waals surface area contributed by atoms with Gasteiger partial charge in [0.2, 0.25) is 5.91 Å². The Morgan fingerprint density at radius 2 is 2.14 bits per heavy atom.